The van der Waals surface area contributed by atoms with E-state index in [0.29, 0.717) is 32.9 Å². The molecule has 0 aliphatic carbocycles. The number of hydrogen-bond acceptors (Lipinski definition) is 5. The molecule has 0 aromatic rings. The molecule has 1 aliphatic rings. The number of ether oxygens (including phenoxy) is 4. The Morgan fingerprint density at radius 2 is 1.77 bits per heavy atom. The van der Waals surface area contributed by atoms with Crippen molar-refractivity contribution in [3.05, 3.63) is 0 Å². The second-order valence-electron chi connectivity index (χ2n) is 6.50. The van der Waals surface area contributed by atoms with Gasteiger partial charge in [-0.05, 0) is 40.0 Å². The molecule has 0 spiro atoms. The molecule has 0 saturated carbocycles. The molecule has 0 atom stereocenters. The third-order valence-corrected chi connectivity index (χ3v) is 3.31. The molecular weight excluding hydrogens is 286 g/mol. The molecule has 1 aliphatic heterocycles. The van der Waals surface area contributed by atoms with Crippen molar-refractivity contribution < 1.29 is 23.7 Å². The van der Waals surface area contributed by atoms with E-state index in [2.05, 4.69) is 0 Å². The quantitative estimate of drug-likeness (QED) is 0.644. The van der Waals surface area contributed by atoms with E-state index in [4.69, 9.17) is 18.9 Å². The highest BCUT2D eigenvalue weighted by molar-refractivity contribution is 5.68. The molecule has 22 heavy (non-hydrogen) atoms. The predicted octanol–water partition coefficient (Wildman–Crippen LogP) is 2.46. The van der Waals surface area contributed by atoms with Crippen LogP contribution in [-0.4, -0.2) is 69.3 Å². The van der Waals surface area contributed by atoms with Crippen LogP contribution in [0, 0.1) is 0 Å². The summed E-state index contributed by atoms with van der Waals surface area (Å²) in [5.41, 5.74) is -0.440. The van der Waals surface area contributed by atoms with Crippen LogP contribution < -0.4 is 0 Å². The molecule has 1 fully saturated rings. The summed E-state index contributed by atoms with van der Waals surface area (Å²) in [6.07, 6.45) is 2.59. The Balaban J connectivity index is 2.06. The first-order valence-electron chi connectivity index (χ1n) is 8.08. The first-order valence-corrected chi connectivity index (χ1v) is 8.08. The fraction of sp³-hybridized carbons (Fsp3) is 0.938. The van der Waals surface area contributed by atoms with Crippen LogP contribution in [-0.2, 0) is 18.9 Å². The lowest BCUT2D eigenvalue weighted by Crippen LogP contribution is -2.43. The largest absolute Gasteiger partial charge is 0.444 e. The van der Waals surface area contributed by atoms with Gasteiger partial charge >= 0.3 is 6.09 Å². The van der Waals surface area contributed by atoms with E-state index in [9.17, 15) is 4.79 Å². The minimum absolute atomic E-state index is 0.210. The van der Waals surface area contributed by atoms with Crippen molar-refractivity contribution in [3.63, 3.8) is 0 Å². The summed E-state index contributed by atoms with van der Waals surface area (Å²) in [4.78, 5) is 13.7. The van der Waals surface area contributed by atoms with Crippen LogP contribution in [0.5, 0.6) is 0 Å². The van der Waals surface area contributed by atoms with Gasteiger partial charge in [0.1, 0.15) is 5.60 Å². The van der Waals surface area contributed by atoms with Crippen molar-refractivity contribution in [2.75, 3.05) is 46.6 Å². The predicted molar refractivity (Wildman–Crippen MR) is 84.1 cm³/mol. The monoisotopic (exact) mass is 317 g/mol. The summed E-state index contributed by atoms with van der Waals surface area (Å²) in [7, 11) is 1.69. The number of methoxy groups -OCH3 is 1. The summed E-state index contributed by atoms with van der Waals surface area (Å²) in [5.74, 6) is 0. The number of hydrogen-bond donors (Lipinski definition) is 0. The van der Waals surface area contributed by atoms with Gasteiger partial charge < -0.3 is 23.8 Å². The Bertz CT molecular complexity index is 308. The van der Waals surface area contributed by atoms with Gasteiger partial charge in [-0.3, -0.25) is 0 Å². The summed E-state index contributed by atoms with van der Waals surface area (Å²) in [5, 5.41) is 0. The van der Waals surface area contributed by atoms with E-state index in [0.717, 1.165) is 25.9 Å². The van der Waals surface area contributed by atoms with E-state index in [-0.39, 0.29) is 12.2 Å². The van der Waals surface area contributed by atoms with Crippen LogP contribution in [0.1, 0.15) is 40.0 Å². The summed E-state index contributed by atoms with van der Waals surface area (Å²) >= 11 is 0. The molecule has 6 heteroatoms. The molecule has 0 bridgehead atoms. The fourth-order valence-corrected chi connectivity index (χ4v) is 2.21. The lowest BCUT2D eigenvalue weighted by molar-refractivity contribution is -0.0305. The molecule has 0 aromatic carbocycles. The van der Waals surface area contributed by atoms with Crippen LogP contribution in [0.3, 0.4) is 0 Å². The maximum atomic E-state index is 11.9. The smallest absolute Gasteiger partial charge is 0.410 e. The van der Waals surface area contributed by atoms with Crippen molar-refractivity contribution in [3.8, 4) is 0 Å². The number of piperidine rings is 1. The van der Waals surface area contributed by atoms with Crippen molar-refractivity contribution in [2.45, 2.75) is 51.7 Å². The molecule has 130 valence electrons. The molecule has 0 N–H and O–H groups in total. The van der Waals surface area contributed by atoms with Gasteiger partial charge in [0.05, 0.1) is 19.3 Å². The van der Waals surface area contributed by atoms with Crippen LogP contribution in [0.25, 0.3) is 0 Å². The highest BCUT2D eigenvalue weighted by Crippen LogP contribution is 2.17. The SMILES string of the molecule is COCCCOCCOC1CCN(C(=O)OC(C)(C)C)CC1. The zero-order valence-corrected chi connectivity index (χ0v) is 14.4. The van der Waals surface area contributed by atoms with Crippen LogP contribution in [0.15, 0.2) is 0 Å². The van der Waals surface area contributed by atoms with Crippen molar-refractivity contribution in [1.82, 2.24) is 4.90 Å². The molecule has 1 saturated heterocycles. The Labute approximate surface area is 134 Å². The molecule has 1 amide bonds. The van der Waals surface area contributed by atoms with Gasteiger partial charge in [0.2, 0.25) is 0 Å². The average Bonchev–Trinajstić information content (AvgIpc) is 2.45. The Morgan fingerprint density at radius 1 is 1.09 bits per heavy atom. The number of carbonyl (C=O) groups excluding carboxylic acids is 1. The molecule has 0 radical (unpaired) electrons. The molecule has 0 unspecified atom stereocenters. The van der Waals surface area contributed by atoms with Crippen LogP contribution in [0.4, 0.5) is 4.79 Å². The Morgan fingerprint density at radius 3 is 2.36 bits per heavy atom. The standard InChI is InChI=1S/C16H31NO5/c1-16(2,3)22-15(18)17-8-6-14(7-9-17)21-13-12-20-11-5-10-19-4/h14H,5-13H2,1-4H3. The number of rotatable bonds is 8. The van der Waals surface area contributed by atoms with Crippen LogP contribution >= 0.6 is 0 Å². The summed E-state index contributed by atoms with van der Waals surface area (Å²) < 4.78 is 21.6. The summed E-state index contributed by atoms with van der Waals surface area (Å²) in [6, 6.07) is 0. The first kappa shape index (κ1) is 19.2. The van der Waals surface area contributed by atoms with E-state index in [1.807, 2.05) is 20.8 Å². The van der Waals surface area contributed by atoms with Gasteiger partial charge in [-0.15, -0.1) is 0 Å². The van der Waals surface area contributed by atoms with Crippen LogP contribution in [0.2, 0.25) is 0 Å². The topological polar surface area (TPSA) is 57.2 Å². The third kappa shape index (κ3) is 8.56. The number of likely N-dealkylation sites (tertiary alicyclic amines) is 1. The lowest BCUT2D eigenvalue weighted by Gasteiger charge is -2.33. The summed E-state index contributed by atoms with van der Waals surface area (Å²) in [6.45, 7) is 9.66. The van der Waals surface area contributed by atoms with E-state index in [1.165, 1.54) is 0 Å². The average molecular weight is 317 g/mol. The maximum Gasteiger partial charge on any atom is 0.410 e. The second kappa shape index (κ2) is 10.0. The Kier molecular flexibility index (Phi) is 8.75. The van der Waals surface area contributed by atoms with Gasteiger partial charge in [-0.25, -0.2) is 4.79 Å². The molecular formula is C16H31NO5. The normalized spacial score (nSPS) is 16.8. The maximum absolute atomic E-state index is 11.9. The van der Waals surface area contributed by atoms with E-state index in [1.54, 1.807) is 12.0 Å². The van der Waals surface area contributed by atoms with Gasteiger partial charge in [-0.2, -0.15) is 0 Å². The van der Waals surface area contributed by atoms with E-state index < -0.39 is 5.60 Å². The number of nitrogens with zero attached hydrogens (tertiary/aromatic N) is 1. The molecule has 0 aromatic heterocycles. The highest BCUT2D eigenvalue weighted by atomic mass is 16.6. The minimum atomic E-state index is -0.440. The Hall–Kier alpha value is -0.850. The van der Waals surface area contributed by atoms with Gasteiger partial charge in [0, 0.05) is 33.4 Å². The number of amides is 1. The van der Waals surface area contributed by atoms with Crippen molar-refractivity contribution in [2.24, 2.45) is 0 Å². The number of carbonyl (C=O) groups is 1. The lowest BCUT2D eigenvalue weighted by atomic mass is 10.1. The zero-order chi connectivity index (χ0) is 16.4. The zero-order valence-electron chi connectivity index (χ0n) is 14.4. The molecule has 6 nitrogen and oxygen atoms in total. The third-order valence-electron chi connectivity index (χ3n) is 3.31. The van der Waals surface area contributed by atoms with Crippen molar-refractivity contribution >= 4 is 6.09 Å². The molecule has 1 heterocycles. The van der Waals surface area contributed by atoms with E-state index >= 15 is 0 Å². The van der Waals surface area contributed by atoms with Gasteiger partial charge in [0.25, 0.3) is 0 Å². The minimum Gasteiger partial charge on any atom is -0.444 e. The highest BCUT2D eigenvalue weighted by Gasteiger charge is 2.26. The van der Waals surface area contributed by atoms with Crippen molar-refractivity contribution in [1.29, 1.82) is 0 Å². The molecule has 1 rings (SSSR count). The first-order chi connectivity index (χ1) is 10.4. The fourth-order valence-electron chi connectivity index (χ4n) is 2.21. The van der Waals surface area contributed by atoms with Gasteiger partial charge in [-0.1, -0.05) is 0 Å². The second-order valence-corrected chi connectivity index (χ2v) is 6.50. The van der Waals surface area contributed by atoms with Gasteiger partial charge in [0.15, 0.2) is 0 Å².